The van der Waals surface area contributed by atoms with Gasteiger partial charge in [0.2, 0.25) is 0 Å². The van der Waals surface area contributed by atoms with Gasteiger partial charge in [-0.1, -0.05) is 11.6 Å². The molecule has 6 nitrogen and oxygen atoms in total. The Morgan fingerprint density at radius 1 is 1.08 bits per heavy atom. The van der Waals surface area contributed by atoms with Crippen molar-refractivity contribution in [2.24, 2.45) is 0 Å². The summed E-state index contributed by atoms with van der Waals surface area (Å²) >= 11 is 0. The second-order valence-electron chi connectivity index (χ2n) is 7.13. The van der Waals surface area contributed by atoms with Crippen molar-refractivity contribution in [3.05, 3.63) is 29.3 Å². The monoisotopic (exact) mass is 334 g/mol. The number of ether oxygens (including phenoxy) is 1. The molecular formula is C18H26N2O4. The first-order valence-corrected chi connectivity index (χ1v) is 8.24. The molecule has 6 heteroatoms. The number of aromatic hydroxyl groups is 1. The molecule has 1 aliphatic rings. The average Bonchev–Trinajstić information content (AvgIpc) is 2.73. The molecule has 0 aliphatic carbocycles. The maximum Gasteiger partial charge on any atom is 0.410 e. The predicted molar refractivity (Wildman–Crippen MR) is 91.2 cm³/mol. The molecular weight excluding hydrogens is 308 g/mol. The maximum atomic E-state index is 12.7. The van der Waals surface area contributed by atoms with Crippen LogP contribution in [0.25, 0.3) is 0 Å². The molecule has 1 aromatic rings. The van der Waals surface area contributed by atoms with E-state index in [9.17, 15) is 14.7 Å². The molecule has 2 amide bonds. The van der Waals surface area contributed by atoms with E-state index in [1.165, 1.54) is 6.07 Å². The highest BCUT2D eigenvalue weighted by Gasteiger charge is 2.27. The summed E-state index contributed by atoms with van der Waals surface area (Å²) in [6.07, 6.45) is 0.326. The number of benzene rings is 1. The number of carbonyl (C=O) groups excluding carboxylic acids is 2. The molecule has 1 N–H and O–H groups in total. The number of aryl methyl sites for hydroxylation is 1. The topological polar surface area (TPSA) is 70.1 Å². The van der Waals surface area contributed by atoms with Crippen LogP contribution in [0.1, 0.15) is 43.1 Å². The van der Waals surface area contributed by atoms with Gasteiger partial charge in [-0.25, -0.2) is 4.79 Å². The summed E-state index contributed by atoms with van der Waals surface area (Å²) in [5.41, 5.74) is 0.689. The summed E-state index contributed by atoms with van der Waals surface area (Å²) in [4.78, 5) is 28.1. The zero-order valence-corrected chi connectivity index (χ0v) is 14.8. The lowest BCUT2D eigenvalue weighted by Gasteiger charge is -2.26. The number of hydrogen-bond acceptors (Lipinski definition) is 4. The minimum atomic E-state index is -0.535. The molecule has 0 bridgehead atoms. The van der Waals surface area contributed by atoms with E-state index in [0.29, 0.717) is 38.2 Å². The van der Waals surface area contributed by atoms with Gasteiger partial charge in [-0.05, 0) is 46.2 Å². The molecule has 0 saturated carbocycles. The molecule has 132 valence electrons. The fourth-order valence-corrected chi connectivity index (χ4v) is 2.62. The molecule has 1 saturated heterocycles. The zero-order valence-electron chi connectivity index (χ0n) is 14.8. The van der Waals surface area contributed by atoms with Crippen LogP contribution in [0.2, 0.25) is 0 Å². The number of phenols is 1. The number of amides is 2. The molecule has 2 rings (SSSR count). The van der Waals surface area contributed by atoms with Crippen LogP contribution in [0.5, 0.6) is 5.75 Å². The summed E-state index contributed by atoms with van der Waals surface area (Å²) in [5, 5.41) is 9.94. The standard InChI is InChI=1S/C18H26N2O4/c1-13-6-7-15(21)14(12-13)16(22)19-8-5-9-20(11-10-19)17(23)24-18(2,3)4/h6-7,12,21H,5,8-11H2,1-4H3. The van der Waals surface area contributed by atoms with Crippen LogP contribution in [0, 0.1) is 6.92 Å². The van der Waals surface area contributed by atoms with Gasteiger partial charge < -0.3 is 19.6 Å². The van der Waals surface area contributed by atoms with Crippen molar-refractivity contribution in [2.75, 3.05) is 26.2 Å². The summed E-state index contributed by atoms with van der Waals surface area (Å²) in [6, 6.07) is 4.99. The Morgan fingerprint density at radius 2 is 1.71 bits per heavy atom. The summed E-state index contributed by atoms with van der Waals surface area (Å²) in [6.45, 7) is 9.32. The molecule has 1 aliphatic heterocycles. The zero-order chi connectivity index (χ0) is 17.9. The van der Waals surface area contributed by atoms with E-state index in [0.717, 1.165) is 5.56 Å². The van der Waals surface area contributed by atoms with E-state index >= 15 is 0 Å². The molecule has 24 heavy (non-hydrogen) atoms. The second kappa shape index (κ2) is 7.11. The average molecular weight is 334 g/mol. The first kappa shape index (κ1) is 18.1. The molecule has 1 heterocycles. The summed E-state index contributed by atoms with van der Waals surface area (Å²) in [5.74, 6) is -0.221. The normalized spacial score (nSPS) is 15.8. The first-order valence-electron chi connectivity index (χ1n) is 8.24. The van der Waals surface area contributed by atoms with E-state index in [-0.39, 0.29) is 17.7 Å². The van der Waals surface area contributed by atoms with Crippen LogP contribution in [0.15, 0.2) is 18.2 Å². The minimum Gasteiger partial charge on any atom is -0.507 e. The highest BCUT2D eigenvalue weighted by atomic mass is 16.6. The van der Waals surface area contributed by atoms with Crippen molar-refractivity contribution in [3.8, 4) is 5.75 Å². The second-order valence-corrected chi connectivity index (χ2v) is 7.13. The van der Waals surface area contributed by atoms with Gasteiger partial charge in [0.05, 0.1) is 5.56 Å². The van der Waals surface area contributed by atoms with Gasteiger partial charge in [0.25, 0.3) is 5.91 Å². The van der Waals surface area contributed by atoms with Crippen LogP contribution in [0.3, 0.4) is 0 Å². The highest BCUT2D eigenvalue weighted by Crippen LogP contribution is 2.21. The van der Waals surface area contributed by atoms with Crippen molar-refractivity contribution in [1.82, 2.24) is 9.80 Å². The van der Waals surface area contributed by atoms with Crippen molar-refractivity contribution < 1.29 is 19.4 Å². The molecule has 0 atom stereocenters. The fourth-order valence-electron chi connectivity index (χ4n) is 2.62. The van der Waals surface area contributed by atoms with Crippen LogP contribution >= 0.6 is 0 Å². The lowest BCUT2D eigenvalue weighted by Crippen LogP contribution is -2.40. The summed E-state index contributed by atoms with van der Waals surface area (Å²) in [7, 11) is 0. The Labute approximate surface area is 143 Å². The fraction of sp³-hybridized carbons (Fsp3) is 0.556. The molecule has 1 aromatic carbocycles. The smallest absolute Gasteiger partial charge is 0.410 e. The van der Waals surface area contributed by atoms with Crippen LogP contribution in [0.4, 0.5) is 4.79 Å². The van der Waals surface area contributed by atoms with E-state index in [4.69, 9.17) is 4.74 Å². The molecule has 0 spiro atoms. The van der Waals surface area contributed by atoms with Crippen molar-refractivity contribution >= 4 is 12.0 Å². The van der Waals surface area contributed by atoms with E-state index < -0.39 is 5.60 Å². The van der Waals surface area contributed by atoms with E-state index in [1.54, 1.807) is 21.9 Å². The van der Waals surface area contributed by atoms with Crippen molar-refractivity contribution in [2.45, 2.75) is 39.7 Å². The number of carbonyl (C=O) groups is 2. The predicted octanol–water partition coefficient (Wildman–Crippen LogP) is 2.78. The largest absolute Gasteiger partial charge is 0.507 e. The molecule has 0 unspecified atom stereocenters. The Hall–Kier alpha value is -2.24. The first-order chi connectivity index (χ1) is 11.2. The number of nitrogens with zero attached hydrogens (tertiary/aromatic N) is 2. The third kappa shape index (κ3) is 4.63. The van der Waals surface area contributed by atoms with Gasteiger partial charge in [0.15, 0.2) is 0 Å². The third-order valence-corrected chi connectivity index (χ3v) is 3.82. The van der Waals surface area contributed by atoms with Gasteiger partial charge in [-0.3, -0.25) is 4.79 Å². The van der Waals surface area contributed by atoms with Gasteiger partial charge in [-0.2, -0.15) is 0 Å². The summed E-state index contributed by atoms with van der Waals surface area (Å²) < 4.78 is 5.39. The number of hydrogen-bond donors (Lipinski definition) is 1. The number of phenolic OH excluding ortho intramolecular Hbond substituents is 1. The van der Waals surface area contributed by atoms with Gasteiger partial charge >= 0.3 is 6.09 Å². The van der Waals surface area contributed by atoms with Crippen LogP contribution in [-0.2, 0) is 4.74 Å². The lowest BCUT2D eigenvalue weighted by molar-refractivity contribution is 0.0255. The Balaban J connectivity index is 2.04. The highest BCUT2D eigenvalue weighted by molar-refractivity contribution is 5.97. The van der Waals surface area contributed by atoms with Crippen LogP contribution < -0.4 is 0 Å². The van der Waals surface area contributed by atoms with Crippen molar-refractivity contribution in [1.29, 1.82) is 0 Å². The van der Waals surface area contributed by atoms with Gasteiger partial charge in [0.1, 0.15) is 11.4 Å². The Morgan fingerprint density at radius 3 is 2.38 bits per heavy atom. The SMILES string of the molecule is Cc1ccc(O)c(C(=O)N2CCCN(C(=O)OC(C)(C)C)CC2)c1. The Kier molecular flexibility index (Phi) is 5.36. The number of rotatable bonds is 1. The Bertz CT molecular complexity index is 622. The van der Waals surface area contributed by atoms with Gasteiger partial charge in [-0.15, -0.1) is 0 Å². The lowest BCUT2D eigenvalue weighted by atomic mass is 10.1. The molecule has 0 aromatic heterocycles. The quantitative estimate of drug-likeness (QED) is 0.857. The van der Waals surface area contributed by atoms with E-state index in [2.05, 4.69) is 0 Å². The molecule has 1 fully saturated rings. The molecule has 0 radical (unpaired) electrons. The van der Waals surface area contributed by atoms with E-state index in [1.807, 2.05) is 27.7 Å². The third-order valence-electron chi connectivity index (χ3n) is 3.82. The van der Waals surface area contributed by atoms with Crippen molar-refractivity contribution in [3.63, 3.8) is 0 Å². The van der Waals surface area contributed by atoms with Gasteiger partial charge in [0, 0.05) is 26.2 Å². The minimum absolute atomic E-state index is 0.0150. The maximum absolute atomic E-state index is 12.7. The van der Waals surface area contributed by atoms with Crippen LogP contribution in [-0.4, -0.2) is 58.7 Å².